The zero-order valence-electron chi connectivity index (χ0n) is 24.1. The number of sulfone groups is 1. The number of alkyl halides is 10. The highest BCUT2D eigenvalue weighted by Gasteiger charge is 2.73. The first-order valence-corrected chi connectivity index (χ1v) is 16.2. The van der Waals surface area contributed by atoms with Crippen LogP contribution in [0.5, 0.6) is 0 Å². The third-order valence-electron chi connectivity index (χ3n) is 7.50. The minimum absolute atomic E-state index is 0.0597. The molecule has 0 radical (unpaired) electrons. The molecule has 5 nitrogen and oxygen atoms in total. The normalized spacial score (nSPS) is 14.6. The average molecular weight is 780 g/mol. The van der Waals surface area contributed by atoms with Crippen LogP contribution in [0.3, 0.4) is 0 Å². The van der Waals surface area contributed by atoms with E-state index in [0.29, 0.717) is 12.8 Å². The van der Waals surface area contributed by atoms with Gasteiger partial charge in [-0.25, -0.2) is 17.2 Å². The van der Waals surface area contributed by atoms with Crippen molar-refractivity contribution in [2.24, 2.45) is 5.92 Å². The Labute approximate surface area is 273 Å². The Kier molecular flexibility index (Phi) is 9.89. The minimum atomic E-state index is -6.73. The lowest BCUT2D eigenvalue weighted by Gasteiger charge is -2.31. The Bertz CT molecular complexity index is 1840. The first-order valence-electron chi connectivity index (χ1n) is 13.5. The summed E-state index contributed by atoms with van der Waals surface area (Å²) in [7, 11) is -3.63. The summed E-state index contributed by atoms with van der Waals surface area (Å²) in [5.41, 5.74) is -13.5. The fraction of sp³-hybridized carbons (Fsp3) is 0.333. The van der Waals surface area contributed by atoms with Crippen LogP contribution in [0.2, 0.25) is 0 Å². The summed E-state index contributed by atoms with van der Waals surface area (Å²) in [6.07, 6.45) is -18.3. The van der Waals surface area contributed by atoms with E-state index < -0.39 is 96.4 Å². The van der Waals surface area contributed by atoms with Gasteiger partial charge in [-0.2, -0.15) is 39.5 Å². The molecule has 0 spiro atoms. The van der Waals surface area contributed by atoms with E-state index >= 15 is 4.39 Å². The Morgan fingerprint density at radius 2 is 1.44 bits per heavy atom. The molecule has 0 saturated heterocycles. The number of ketones is 1. The number of carbonyl (C=O) groups excluding carboxylic acids is 2. The molecule has 0 heterocycles. The third kappa shape index (κ3) is 7.38. The summed E-state index contributed by atoms with van der Waals surface area (Å²) in [6, 6.07) is 6.79. The second-order valence-corrected chi connectivity index (χ2v) is 13.9. The van der Waals surface area contributed by atoms with Crippen LogP contribution in [0.25, 0.3) is 0 Å². The number of anilines is 1. The van der Waals surface area contributed by atoms with Gasteiger partial charge in [-0.1, -0.05) is 22.0 Å². The molecule has 0 bridgehead atoms. The molecule has 1 saturated carbocycles. The second kappa shape index (κ2) is 12.7. The van der Waals surface area contributed by atoms with Gasteiger partial charge in [0.05, 0.1) is 21.7 Å². The van der Waals surface area contributed by atoms with Crippen molar-refractivity contribution < 1.29 is 66.3 Å². The lowest BCUT2D eigenvalue weighted by atomic mass is 9.89. The maximum Gasteiger partial charge on any atom is 0.435 e. The van der Waals surface area contributed by atoms with Gasteiger partial charge < -0.3 is 4.90 Å². The number of nitrogens with zero attached hydrogens (tertiary/aromatic N) is 1. The largest absolute Gasteiger partial charge is 0.435 e. The average Bonchev–Trinajstić information content (AvgIpc) is 3.78. The third-order valence-corrected chi connectivity index (χ3v) is 9.34. The number of benzene rings is 3. The smallest absolute Gasteiger partial charge is 0.305 e. The Morgan fingerprint density at radius 1 is 0.875 bits per heavy atom. The molecule has 1 fully saturated rings. The molecule has 1 amide bonds. The van der Waals surface area contributed by atoms with E-state index in [1.807, 2.05) is 0 Å². The maximum absolute atomic E-state index is 15.9. The number of amides is 1. The summed E-state index contributed by atoms with van der Waals surface area (Å²) in [5, 5.41) is 0. The molecule has 1 aliphatic carbocycles. The fourth-order valence-electron chi connectivity index (χ4n) is 4.81. The molecular weight excluding hydrogens is 759 g/mol. The first kappa shape index (κ1) is 37.3. The van der Waals surface area contributed by atoms with Crippen molar-refractivity contribution in [1.29, 1.82) is 0 Å². The molecular formula is C30H21BrF11NO4S. The second-order valence-electron chi connectivity index (χ2n) is 11.0. The van der Waals surface area contributed by atoms with Gasteiger partial charge in [0.15, 0.2) is 21.4 Å². The molecule has 0 unspecified atom stereocenters. The van der Waals surface area contributed by atoms with Crippen molar-refractivity contribution in [2.45, 2.75) is 48.4 Å². The number of halogens is 12. The Morgan fingerprint density at radius 3 is 1.92 bits per heavy atom. The van der Waals surface area contributed by atoms with Gasteiger partial charge in [0.1, 0.15) is 0 Å². The van der Waals surface area contributed by atoms with Gasteiger partial charge in [0.2, 0.25) is 0 Å². The van der Waals surface area contributed by atoms with E-state index in [9.17, 15) is 61.9 Å². The summed E-state index contributed by atoms with van der Waals surface area (Å²) in [5.74, 6) is -3.68. The Balaban J connectivity index is 1.76. The number of carbonyl (C=O) groups is 2. The van der Waals surface area contributed by atoms with Gasteiger partial charge >= 0.3 is 24.2 Å². The molecule has 48 heavy (non-hydrogen) atoms. The SMILES string of the molecule is CS(=O)(=O)c1ccc(C(=O)N(CC2CC2)c2cccc(C(=O)Cc3c(Br)cc(C(F)(C(F)(F)F)C(F)(F)F)cc3C(F)(F)F)c2F)cc1. The molecule has 0 aromatic heterocycles. The van der Waals surface area contributed by atoms with Crippen LogP contribution < -0.4 is 4.90 Å². The van der Waals surface area contributed by atoms with Gasteiger partial charge in [-0.3, -0.25) is 9.59 Å². The molecule has 0 aliphatic heterocycles. The van der Waals surface area contributed by atoms with Crippen molar-refractivity contribution in [1.82, 2.24) is 0 Å². The molecule has 4 rings (SSSR count). The van der Waals surface area contributed by atoms with Gasteiger partial charge in [0.25, 0.3) is 5.91 Å². The molecule has 260 valence electrons. The molecule has 0 N–H and O–H groups in total. The van der Waals surface area contributed by atoms with Crippen LogP contribution in [0.4, 0.5) is 54.0 Å². The summed E-state index contributed by atoms with van der Waals surface area (Å²) < 4.78 is 175. The highest BCUT2D eigenvalue weighted by molar-refractivity contribution is 9.10. The van der Waals surface area contributed by atoms with Crippen LogP contribution in [0.1, 0.15) is 50.2 Å². The number of rotatable bonds is 9. The standard InChI is InChI=1S/C30H21BrF11NO4S/c1-48(46,47)18-9-7-16(8-10-18)26(45)43(14-15-5-6-15)23-4-2-3-19(25(23)32)24(44)13-20-21(28(34,35)36)11-17(12-22(20)31)27(33,29(37,38)39)30(40,41)42/h2-4,7-12,15H,5-6,13-14H2,1H3. The predicted octanol–water partition coefficient (Wildman–Crippen LogP) is 8.78. The molecule has 3 aromatic rings. The number of hydrogen-bond donors (Lipinski definition) is 0. The molecule has 0 atom stereocenters. The van der Waals surface area contributed by atoms with E-state index in [4.69, 9.17) is 0 Å². The van der Waals surface area contributed by atoms with E-state index in [-0.39, 0.29) is 29.0 Å². The van der Waals surface area contributed by atoms with E-state index in [1.165, 1.54) is 12.1 Å². The predicted molar refractivity (Wildman–Crippen MR) is 152 cm³/mol. The lowest BCUT2D eigenvalue weighted by molar-refractivity contribution is -0.348. The van der Waals surface area contributed by atoms with Crippen LogP contribution in [-0.4, -0.2) is 45.3 Å². The quantitative estimate of drug-likeness (QED) is 0.161. The monoisotopic (exact) mass is 779 g/mol. The molecule has 18 heteroatoms. The fourth-order valence-corrected chi connectivity index (χ4v) is 6.04. The van der Waals surface area contributed by atoms with Crippen molar-refractivity contribution in [3.63, 3.8) is 0 Å². The maximum atomic E-state index is 15.9. The van der Waals surface area contributed by atoms with Crippen LogP contribution in [-0.2, 0) is 28.1 Å². The van der Waals surface area contributed by atoms with E-state index in [0.717, 1.165) is 41.5 Å². The lowest BCUT2D eigenvalue weighted by Crippen LogP contribution is -2.50. The zero-order chi connectivity index (χ0) is 36.2. The van der Waals surface area contributed by atoms with Crippen LogP contribution in [0.15, 0.2) is 64.0 Å². The Hall–Kier alpha value is -3.54. The number of Topliss-reactive ketones (excluding diaryl/α,β-unsaturated/α-hetero) is 1. The summed E-state index contributed by atoms with van der Waals surface area (Å²) in [6.45, 7) is -0.0597. The van der Waals surface area contributed by atoms with Gasteiger partial charge in [-0.05, 0) is 72.9 Å². The summed E-state index contributed by atoms with van der Waals surface area (Å²) >= 11 is 2.43. The van der Waals surface area contributed by atoms with Crippen LogP contribution >= 0.6 is 15.9 Å². The van der Waals surface area contributed by atoms with Crippen LogP contribution in [0, 0.1) is 11.7 Å². The highest BCUT2D eigenvalue weighted by atomic mass is 79.9. The molecule has 1 aliphatic rings. The van der Waals surface area contributed by atoms with Gasteiger partial charge in [-0.15, -0.1) is 0 Å². The summed E-state index contributed by atoms with van der Waals surface area (Å²) in [4.78, 5) is 27.5. The van der Waals surface area contributed by atoms with E-state index in [2.05, 4.69) is 15.9 Å². The molecule has 3 aromatic carbocycles. The highest BCUT2D eigenvalue weighted by Crippen LogP contribution is 2.54. The van der Waals surface area contributed by atoms with Crippen molar-refractivity contribution >= 4 is 43.1 Å². The van der Waals surface area contributed by atoms with Crippen molar-refractivity contribution in [3.8, 4) is 0 Å². The topological polar surface area (TPSA) is 71.5 Å². The first-order chi connectivity index (χ1) is 21.9. The van der Waals surface area contributed by atoms with Crippen molar-refractivity contribution in [2.75, 3.05) is 17.7 Å². The van der Waals surface area contributed by atoms with Gasteiger partial charge in [0, 0.05) is 34.8 Å². The zero-order valence-corrected chi connectivity index (χ0v) is 26.5. The van der Waals surface area contributed by atoms with E-state index in [1.54, 1.807) is 0 Å². The minimum Gasteiger partial charge on any atom is -0.305 e. The number of hydrogen-bond acceptors (Lipinski definition) is 4. The van der Waals surface area contributed by atoms with Crippen molar-refractivity contribution in [3.05, 3.63) is 92.7 Å².